The first-order chi connectivity index (χ1) is 44.2. The third kappa shape index (κ3) is 53.9. The number of halogens is 2. The third-order valence-corrected chi connectivity index (χ3v) is 13.7. The maximum atomic E-state index is 12.5. The molecule has 93 heavy (non-hydrogen) atoms. The number of carbonyl (C=O) groups excluding carboxylic acids is 3. The number of unbranched alkanes of at least 4 members (excludes halogenated alkanes) is 4. The SMILES string of the molecule is BrCc1cccc(CBr)n1.CC(C)(C)OC(=O)N1CCNCc2cccc(n2)CNCC1.CN1CCN(C(=O)OC(C)(C)C)CCN(C)Cc2cccc(n2)C1.CNCCCCCNC.CNCCN(CCNC)C(=O)OC(C)(C)C.NCCCCCN.O=BC#CO. The van der Waals surface area contributed by atoms with Crippen LogP contribution in [0, 0.1) is 11.9 Å². The Hall–Kier alpha value is -4.96. The van der Waals surface area contributed by atoms with E-state index in [1.54, 1.807) is 15.6 Å². The van der Waals surface area contributed by atoms with Crippen molar-refractivity contribution in [3.63, 3.8) is 0 Å². The van der Waals surface area contributed by atoms with Gasteiger partial charge in [-0.05, 0) is 193 Å². The number of aromatic nitrogens is 3. The Kier molecular flexibility index (Phi) is 54.5. The van der Waals surface area contributed by atoms with Crippen LogP contribution < -0.4 is 43.4 Å². The summed E-state index contributed by atoms with van der Waals surface area (Å²) in [6.45, 7) is 32.3. The molecule has 0 radical (unpaired) electrons. The Labute approximate surface area is 577 Å². The number of amides is 3. The summed E-state index contributed by atoms with van der Waals surface area (Å²) in [5.74, 6) is 1.74. The van der Waals surface area contributed by atoms with E-state index in [0.717, 1.165) is 123 Å². The van der Waals surface area contributed by atoms with Crippen molar-refractivity contribution < 1.29 is 38.4 Å². The summed E-state index contributed by atoms with van der Waals surface area (Å²) in [6.07, 6.45) is 8.02. The van der Waals surface area contributed by atoms with E-state index in [0.29, 0.717) is 72.6 Å². The number of alkyl halides is 2. The van der Waals surface area contributed by atoms with Gasteiger partial charge in [-0.2, -0.15) is 0 Å². The van der Waals surface area contributed by atoms with Crippen LogP contribution in [-0.2, 0) is 55.8 Å². The summed E-state index contributed by atoms with van der Waals surface area (Å²) in [4.78, 5) is 59.8. The van der Waals surface area contributed by atoms with Crippen molar-refractivity contribution in [1.29, 1.82) is 0 Å². The Morgan fingerprint density at radius 1 is 0.570 bits per heavy atom. The zero-order chi connectivity index (χ0) is 70.4. The number of fused-ring (bicyclic) bond motifs is 4. The molecule has 530 valence electrons. The van der Waals surface area contributed by atoms with Gasteiger partial charge >= 0.3 is 47.2 Å². The van der Waals surface area contributed by atoms with E-state index in [9.17, 15) is 14.4 Å². The van der Waals surface area contributed by atoms with Gasteiger partial charge in [0, 0.05) is 115 Å². The van der Waals surface area contributed by atoms with E-state index >= 15 is 0 Å². The minimum absolute atomic E-state index is 0.238. The number of aliphatic hydroxyl groups is 1. The molecule has 0 aromatic carbocycles. The topological polar surface area (TPSA) is 295 Å². The molecule has 0 saturated heterocycles. The van der Waals surface area contributed by atoms with Gasteiger partial charge in [0.05, 0.1) is 34.2 Å². The number of pyridine rings is 3. The summed E-state index contributed by atoms with van der Waals surface area (Å²) in [7, 11) is 12.2. The van der Waals surface area contributed by atoms with E-state index in [4.69, 9.17) is 40.5 Å². The normalized spacial score (nSPS) is 13.8. The zero-order valence-corrected chi connectivity index (χ0v) is 62.5. The number of carbonyl (C=O) groups is 3. The van der Waals surface area contributed by atoms with Crippen LogP contribution in [0.25, 0.3) is 0 Å². The molecule has 0 fully saturated rings. The molecule has 11 N–H and O–H groups in total. The average molecular weight is 1440 g/mol. The van der Waals surface area contributed by atoms with Crippen LogP contribution in [0.15, 0.2) is 54.6 Å². The van der Waals surface area contributed by atoms with E-state index in [-0.39, 0.29) is 18.3 Å². The molecule has 0 aliphatic carbocycles. The first-order valence-corrected chi connectivity index (χ1v) is 34.7. The van der Waals surface area contributed by atoms with Crippen molar-refractivity contribution in [2.24, 2.45) is 11.5 Å². The fourth-order valence-electron chi connectivity index (χ4n) is 7.89. The minimum atomic E-state index is -0.472. The number of rotatable bonds is 18. The van der Waals surface area contributed by atoms with E-state index in [1.165, 1.54) is 31.8 Å². The van der Waals surface area contributed by atoms with Crippen molar-refractivity contribution in [2.75, 3.05) is 147 Å². The third-order valence-electron chi connectivity index (χ3n) is 12.6. The summed E-state index contributed by atoms with van der Waals surface area (Å²) < 4.78 is 25.4. The molecule has 2 aliphatic rings. The van der Waals surface area contributed by atoms with Crippen LogP contribution in [0.3, 0.4) is 0 Å². The first kappa shape index (κ1) is 90.1. The Balaban J connectivity index is 0. The summed E-state index contributed by atoms with van der Waals surface area (Å²) in [5, 5.41) is 28.1. The van der Waals surface area contributed by atoms with Crippen LogP contribution in [0.4, 0.5) is 14.4 Å². The molecule has 0 saturated carbocycles. The molecule has 3 amide bonds. The van der Waals surface area contributed by atoms with Gasteiger partial charge in [-0.1, -0.05) is 62.9 Å². The molecule has 27 heteroatoms. The van der Waals surface area contributed by atoms with Gasteiger partial charge in [0.1, 0.15) is 16.8 Å². The van der Waals surface area contributed by atoms with Crippen LogP contribution in [0.5, 0.6) is 0 Å². The Morgan fingerprint density at radius 2 is 0.946 bits per heavy atom. The summed E-state index contributed by atoms with van der Waals surface area (Å²) in [6, 6.07) is 18.2. The van der Waals surface area contributed by atoms with Gasteiger partial charge in [-0.15, -0.1) is 0 Å². The molecule has 3 aromatic heterocycles. The molecule has 4 bridgehead atoms. The van der Waals surface area contributed by atoms with Gasteiger partial charge in [0.15, 0.2) is 0 Å². The number of nitrogens with two attached hydrogens (primary N) is 2. The molecule has 5 rings (SSSR count). The van der Waals surface area contributed by atoms with Gasteiger partial charge in [-0.3, -0.25) is 24.8 Å². The van der Waals surface area contributed by atoms with E-state index in [2.05, 4.69) is 116 Å². The summed E-state index contributed by atoms with van der Waals surface area (Å²) >= 11 is 6.69. The molecule has 0 spiro atoms. The Morgan fingerprint density at radius 3 is 1.30 bits per heavy atom. The van der Waals surface area contributed by atoms with Crippen LogP contribution in [-0.4, -0.2) is 234 Å². The molecule has 0 atom stereocenters. The van der Waals surface area contributed by atoms with Crippen molar-refractivity contribution >= 4 is 57.3 Å². The standard InChI is InChI=1S/C18H30N4O2.C16H26N4O2.C11H25N3O2.C7H7Br2N.C7H18N2.C5H14N2.C2HBO2/c1-18(2,3)24-17(23)22-11-9-20(4)13-15-7-6-8-16(19-15)14-21(5)10-12-22;1-16(2,3)22-15(21)20-9-7-17-11-13-5-4-6-14(19-13)12-18-8-10-20;1-11(2,3)16-10(15)14(8-6-12-4)9-7-13-5;8-4-6-2-1-3-7(5-9)10-6;1-8-6-4-3-5-7-9-2;6-4-2-1-3-5-7;4-2-1-3-5/h6-8H,9-14H2,1-5H3;4-6,17-18H,7-12H2,1-3H3;12-13H,6-9H2,1-5H3;1-3H,4-5H2;8-9H,3-7H2,1-2H3;1-7H2;4H. The van der Waals surface area contributed by atoms with E-state index in [1.807, 2.05) is 132 Å². The maximum absolute atomic E-state index is 12.5. The molecular formula is C66H121BBr2N16O8. The number of ether oxygens (including phenoxy) is 3. The van der Waals surface area contributed by atoms with Crippen LogP contribution in [0.2, 0.25) is 0 Å². The molecule has 2 aliphatic heterocycles. The molecule has 5 heterocycles. The number of likely N-dealkylation sites (N-methyl/N-ethyl adjacent to an activating group) is 4. The van der Waals surface area contributed by atoms with Crippen molar-refractivity contribution in [3.8, 4) is 11.9 Å². The summed E-state index contributed by atoms with van der Waals surface area (Å²) in [5.41, 5.74) is 15.4. The quantitative estimate of drug-likeness (QED) is 0.0199. The second-order valence-corrected chi connectivity index (χ2v) is 26.0. The number of aliphatic hydroxyl groups excluding tert-OH is 1. The molecule has 3 aromatic rings. The van der Waals surface area contributed by atoms with E-state index < -0.39 is 16.8 Å². The van der Waals surface area contributed by atoms with Gasteiger partial charge in [0.25, 0.3) is 0 Å². The zero-order valence-electron chi connectivity index (χ0n) is 59.4. The second-order valence-electron chi connectivity index (χ2n) is 24.8. The van der Waals surface area contributed by atoms with Gasteiger partial charge in [-0.25, -0.2) is 14.4 Å². The van der Waals surface area contributed by atoms with Crippen LogP contribution >= 0.6 is 31.9 Å². The second kappa shape index (κ2) is 56.2. The van der Waals surface area contributed by atoms with Gasteiger partial charge in [0.2, 0.25) is 0 Å². The Bertz CT molecular complexity index is 2350. The number of hydrogen-bond donors (Lipinski definition) is 9. The van der Waals surface area contributed by atoms with Crippen molar-refractivity contribution in [2.45, 2.75) is 154 Å². The predicted molar refractivity (Wildman–Crippen MR) is 385 cm³/mol. The first-order valence-electron chi connectivity index (χ1n) is 32.4. The van der Waals surface area contributed by atoms with Gasteiger partial charge < -0.3 is 72.3 Å². The van der Waals surface area contributed by atoms with Crippen molar-refractivity contribution in [3.05, 3.63) is 88.8 Å². The molecule has 24 nitrogen and oxygen atoms in total. The van der Waals surface area contributed by atoms with Crippen LogP contribution in [0.1, 0.15) is 135 Å². The molecular weight excluding hydrogens is 1320 g/mol. The fraction of sp³-hybridized carbons (Fsp3) is 0.697. The number of hydrogen-bond acceptors (Lipinski definition) is 21. The fourth-order valence-corrected chi connectivity index (χ4v) is 8.52. The monoisotopic (exact) mass is 1430 g/mol. The number of nitrogens with one attached hydrogen (secondary N) is 6. The predicted octanol–water partition coefficient (Wildman–Crippen LogP) is 7.24. The average Bonchev–Trinajstić information content (AvgIpc) is 1.54. The number of nitrogens with zero attached hydrogens (tertiary/aromatic N) is 8. The van der Waals surface area contributed by atoms with Crippen molar-refractivity contribution in [1.82, 2.24) is 71.4 Å². The molecule has 0 unspecified atom stereocenters.